The normalized spacial score (nSPS) is 28.6. The fourth-order valence-corrected chi connectivity index (χ4v) is 4.91. The maximum absolute atomic E-state index is 10.3. The van der Waals surface area contributed by atoms with Crippen LogP contribution in [-0.4, -0.2) is 41.9 Å². The molecule has 4 atom stereocenters. The van der Waals surface area contributed by atoms with Gasteiger partial charge < -0.3 is 20.0 Å². The van der Waals surface area contributed by atoms with Crippen LogP contribution >= 0.6 is 0 Å². The van der Waals surface area contributed by atoms with Gasteiger partial charge in [-0.25, -0.2) is 4.52 Å². The lowest BCUT2D eigenvalue weighted by Gasteiger charge is -2.42. The van der Waals surface area contributed by atoms with Gasteiger partial charge in [0.25, 0.3) is 0 Å². The van der Waals surface area contributed by atoms with Crippen molar-refractivity contribution in [2.24, 2.45) is 5.92 Å². The molecule has 0 bridgehead atoms. The molecule has 3 N–H and O–H groups in total. The monoisotopic (exact) mass is 402 g/mol. The molecule has 7 nitrogen and oxygen atoms in total. The second-order valence-electron chi connectivity index (χ2n) is 9.15. The summed E-state index contributed by atoms with van der Waals surface area (Å²) < 4.78 is 14.6. The van der Waals surface area contributed by atoms with Crippen LogP contribution in [0, 0.1) is 17.2 Å². The van der Waals surface area contributed by atoms with E-state index in [9.17, 15) is 10.4 Å². The molecule has 1 unspecified atom stereocenters. The van der Waals surface area contributed by atoms with Crippen molar-refractivity contribution in [3.63, 3.8) is 0 Å². The highest BCUT2D eigenvalue weighted by molar-refractivity contribution is 6.74. The first-order valence-corrected chi connectivity index (χ1v) is 12.5. The Morgan fingerprint density at radius 3 is 2.64 bits per heavy atom. The van der Waals surface area contributed by atoms with Crippen LogP contribution in [0.5, 0.6) is 0 Å². The number of hydrogen-bond donors (Lipinski definition) is 2. The standard InChI is InChI=1S/C20H30N4O3Si/c1-13-16(11-25)26-20(12-21,18(13)27-28(5,6)19(2,3)4)17-8-7-15-14(22)9-10-23-24(15)17/h7-10,13,16,18,25H,11,22H2,1-6H3/t13-,16-,18?,20+/m1/s1. The van der Waals surface area contributed by atoms with Crippen LogP contribution in [0.3, 0.4) is 0 Å². The number of hydrogen-bond acceptors (Lipinski definition) is 6. The van der Waals surface area contributed by atoms with Crippen molar-refractivity contribution in [2.75, 3.05) is 12.3 Å². The van der Waals surface area contributed by atoms with Gasteiger partial charge in [0, 0.05) is 12.1 Å². The average Bonchev–Trinajstić information content (AvgIpc) is 3.16. The van der Waals surface area contributed by atoms with Crippen LogP contribution < -0.4 is 5.73 Å². The van der Waals surface area contributed by atoms with Gasteiger partial charge in [-0.15, -0.1) is 0 Å². The van der Waals surface area contributed by atoms with Crippen molar-refractivity contribution in [1.29, 1.82) is 5.26 Å². The Morgan fingerprint density at radius 1 is 1.39 bits per heavy atom. The largest absolute Gasteiger partial charge is 0.409 e. The van der Waals surface area contributed by atoms with Crippen molar-refractivity contribution in [3.05, 3.63) is 30.1 Å². The molecule has 1 aliphatic rings. The van der Waals surface area contributed by atoms with Gasteiger partial charge in [-0.1, -0.05) is 27.7 Å². The first-order chi connectivity index (χ1) is 13.0. The summed E-state index contributed by atoms with van der Waals surface area (Å²) in [4.78, 5) is 0. The molecular weight excluding hydrogens is 372 g/mol. The summed E-state index contributed by atoms with van der Waals surface area (Å²) in [5.41, 5.74) is 6.55. The van der Waals surface area contributed by atoms with Gasteiger partial charge in [0.05, 0.1) is 35.7 Å². The van der Waals surface area contributed by atoms with Gasteiger partial charge >= 0.3 is 0 Å². The molecule has 3 heterocycles. The number of fused-ring (bicyclic) bond motifs is 1. The molecule has 0 aromatic carbocycles. The first kappa shape index (κ1) is 20.8. The number of anilines is 1. The second kappa shape index (κ2) is 6.85. The van der Waals surface area contributed by atoms with Crippen LogP contribution in [0.4, 0.5) is 5.69 Å². The van der Waals surface area contributed by atoms with Crippen molar-refractivity contribution in [1.82, 2.24) is 9.61 Å². The highest BCUT2D eigenvalue weighted by Crippen LogP contribution is 2.48. The van der Waals surface area contributed by atoms with E-state index >= 15 is 0 Å². The molecule has 8 heteroatoms. The van der Waals surface area contributed by atoms with E-state index in [1.165, 1.54) is 0 Å². The van der Waals surface area contributed by atoms with E-state index in [1.807, 2.05) is 19.1 Å². The Bertz CT molecular complexity index is 914. The smallest absolute Gasteiger partial charge is 0.222 e. The minimum atomic E-state index is -2.22. The summed E-state index contributed by atoms with van der Waals surface area (Å²) in [6, 6.07) is 7.74. The van der Waals surface area contributed by atoms with Crippen molar-refractivity contribution < 1.29 is 14.3 Å². The van der Waals surface area contributed by atoms with Crippen molar-refractivity contribution >= 4 is 19.5 Å². The van der Waals surface area contributed by atoms with Gasteiger partial charge in [0.2, 0.25) is 5.60 Å². The van der Waals surface area contributed by atoms with Crippen molar-refractivity contribution in [3.8, 4) is 6.07 Å². The molecule has 1 fully saturated rings. The molecule has 1 saturated heterocycles. The summed E-state index contributed by atoms with van der Waals surface area (Å²) in [6.45, 7) is 12.6. The number of rotatable bonds is 4. The maximum Gasteiger partial charge on any atom is 0.222 e. The molecule has 0 radical (unpaired) electrons. The van der Waals surface area contributed by atoms with E-state index in [4.69, 9.17) is 14.9 Å². The Hall–Kier alpha value is -1.92. The lowest BCUT2D eigenvalue weighted by Crippen LogP contribution is -2.51. The molecule has 3 rings (SSSR count). The minimum absolute atomic E-state index is 0.0326. The van der Waals surface area contributed by atoms with E-state index in [0.717, 1.165) is 0 Å². The topological polar surface area (TPSA) is 106 Å². The average molecular weight is 403 g/mol. The molecule has 2 aromatic heterocycles. The summed E-state index contributed by atoms with van der Waals surface area (Å²) in [5, 5.41) is 24.6. The third-order valence-electron chi connectivity index (χ3n) is 6.34. The minimum Gasteiger partial charge on any atom is -0.409 e. The molecule has 2 aromatic rings. The summed E-state index contributed by atoms with van der Waals surface area (Å²) in [5.74, 6) is -0.162. The number of aliphatic hydroxyl groups is 1. The Balaban J connectivity index is 2.18. The highest BCUT2D eigenvalue weighted by atomic mass is 28.4. The van der Waals surface area contributed by atoms with E-state index in [0.29, 0.717) is 16.9 Å². The molecular formula is C20H30N4O3Si. The van der Waals surface area contributed by atoms with Crippen LogP contribution in [0.1, 0.15) is 33.4 Å². The van der Waals surface area contributed by atoms with Crippen LogP contribution in [0.2, 0.25) is 18.1 Å². The maximum atomic E-state index is 10.3. The summed E-state index contributed by atoms with van der Waals surface area (Å²) in [6.07, 6.45) is 0.570. The van der Waals surface area contributed by atoms with E-state index in [-0.39, 0.29) is 17.6 Å². The van der Waals surface area contributed by atoms with Crippen LogP contribution in [0.15, 0.2) is 24.4 Å². The molecule has 0 amide bonds. The number of ether oxygens (including phenoxy) is 1. The quantitative estimate of drug-likeness (QED) is 0.762. The molecule has 152 valence electrons. The number of nitriles is 1. The highest BCUT2D eigenvalue weighted by Gasteiger charge is 2.59. The molecule has 28 heavy (non-hydrogen) atoms. The first-order valence-electron chi connectivity index (χ1n) is 9.59. The third kappa shape index (κ3) is 3.03. The zero-order valence-electron chi connectivity index (χ0n) is 17.4. The number of nitrogens with two attached hydrogens (primary N) is 1. The third-order valence-corrected chi connectivity index (χ3v) is 10.8. The van der Waals surface area contributed by atoms with Gasteiger partial charge in [-0.2, -0.15) is 10.4 Å². The molecule has 0 spiro atoms. The number of nitrogen functional groups attached to an aromatic ring is 1. The van der Waals surface area contributed by atoms with E-state index in [2.05, 4.69) is 45.0 Å². The molecule has 1 aliphatic heterocycles. The Kier molecular flexibility index (Phi) is 5.09. The fourth-order valence-electron chi connectivity index (χ4n) is 3.54. The van der Waals surface area contributed by atoms with Gasteiger partial charge in [0.1, 0.15) is 6.07 Å². The van der Waals surface area contributed by atoms with E-state index < -0.39 is 26.1 Å². The molecule has 0 aliphatic carbocycles. The predicted molar refractivity (Wildman–Crippen MR) is 110 cm³/mol. The van der Waals surface area contributed by atoms with Crippen LogP contribution in [-0.2, 0) is 14.8 Å². The lowest BCUT2D eigenvalue weighted by atomic mass is 9.88. The zero-order valence-corrected chi connectivity index (χ0v) is 18.4. The SMILES string of the molecule is C[C@H]1C(O[Si](C)(C)C(C)(C)C)[C@](C#N)(c2ccc3c(N)ccnn23)O[C@@H]1CO. The predicted octanol–water partition coefficient (Wildman–Crippen LogP) is 3.05. The number of aliphatic hydroxyl groups excluding tert-OH is 1. The number of aromatic nitrogens is 2. The zero-order chi connectivity index (χ0) is 20.9. The summed E-state index contributed by atoms with van der Waals surface area (Å²) >= 11 is 0. The molecule has 0 saturated carbocycles. The van der Waals surface area contributed by atoms with Gasteiger partial charge in [0.15, 0.2) is 8.32 Å². The Morgan fingerprint density at radius 2 is 2.07 bits per heavy atom. The Labute approximate surface area is 167 Å². The van der Waals surface area contributed by atoms with Crippen LogP contribution in [0.25, 0.3) is 5.52 Å². The number of nitrogens with zero attached hydrogens (tertiary/aromatic N) is 3. The van der Waals surface area contributed by atoms with E-state index in [1.54, 1.807) is 16.8 Å². The van der Waals surface area contributed by atoms with Gasteiger partial charge in [-0.05, 0) is 36.3 Å². The summed E-state index contributed by atoms with van der Waals surface area (Å²) in [7, 11) is -2.22. The van der Waals surface area contributed by atoms with Gasteiger partial charge in [-0.3, -0.25) is 0 Å². The second-order valence-corrected chi connectivity index (χ2v) is 13.9. The lowest BCUT2D eigenvalue weighted by molar-refractivity contribution is -0.0606. The fraction of sp³-hybridized carbons (Fsp3) is 0.600. The van der Waals surface area contributed by atoms with Crippen molar-refractivity contribution in [2.45, 2.75) is 63.6 Å².